The predicted molar refractivity (Wildman–Crippen MR) is 75.0 cm³/mol. The van der Waals surface area contributed by atoms with Gasteiger partial charge in [0, 0.05) is 5.75 Å². The van der Waals surface area contributed by atoms with Gasteiger partial charge in [0.15, 0.2) is 0 Å². The largest absolute Gasteiger partial charge is 1.00 e. The summed E-state index contributed by atoms with van der Waals surface area (Å²) in [6.45, 7) is 6.32. The van der Waals surface area contributed by atoms with Gasteiger partial charge in [0.25, 0.3) is 0 Å². The molecular formula is C13H29BrN2S. The van der Waals surface area contributed by atoms with E-state index in [1.54, 1.807) is 0 Å². The van der Waals surface area contributed by atoms with E-state index in [4.69, 9.17) is 5.73 Å². The van der Waals surface area contributed by atoms with Crippen LogP contribution in [0.1, 0.15) is 44.9 Å². The van der Waals surface area contributed by atoms with Crippen LogP contribution in [0, 0.1) is 0 Å². The van der Waals surface area contributed by atoms with Gasteiger partial charge in [-0.1, -0.05) is 6.42 Å². The molecule has 0 saturated carbocycles. The molecule has 1 saturated heterocycles. The molecule has 17 heavy (non-hydrogen) atoms. The van der Waals surface area contributed by atoms with Crippen LogP contribution < -0.4 is 22.7 Å². The third kappa shape index (κ3) is 7.04. The summed E-state index contributed by atoms with van der Waals surface area (Å²) in [6.07, 6.45) is 9.56. The van der Waals surface area contributed by atoms with E-state index in [2.05, 4.69) is 12.6 Å². The number of unbranched alkanes of at least 4 members (excludes halogenated alkanes) is 3. The van der Waals surface area contributed by atoms with Gasteiger partial charge in [-0.05, 0) is 45.1 Å². The summed E-state index contributed by atoms with van der Waals surface area (Å²) >= 11 is 4.43. The maximum atomic E-state index is 5.51. The number of thiol groups is 1. The highest BCUT2D eigenvalue weighted by Crippen LogP contribution is 2.20. The minimum atomic E-state index is 0. The van der Waals surface area contributed by atoms with Crippen LogP contribution in [0.3, 0.4) is 0 Å². The first-order valence-corrected chi connectivity index (χ1v) is 7.62. The Kier molecular flexibility index (Phi) is 11.1. The van der Waals surface area contributed by atoms with Gasteiger partial charge in [0.05, 0.1) is 26.2 Å². The zero-order valence-corrected chi connectivity index (χ0v) is 13.5. The SMILES string of the molecule is NCCCCCC[N+]1(CCS)CCCCC1.[Br-]. The van der Waals surface area contributed by atoms with Gasteiger partial charge >= 0.3 is 0 Å². The molecular weight excluding hydrogens is 296 g/mol. The van der Waals surface area contributed by atoms with Crippen LogP contribution in [0.25, 0.3) is 0 Å². The Morgan fingerprint density at radius 2 is 1.53 bits per heavy atom. The van der Waals surface area contributed by atoms with Crippen molar-refractivity contribution in [3.8, 4) is 0 Å². The molecule has 0 atom stereocenters. The molecule has 0 aromatic rings. The fourth-order valence-corrected chi connectivity index (χ4v) is 3.32. The molecule has 1 aliphatic rings. The zero-order chi connectivity index (χ0) is 11.7. The van der Waals surface area contributed by atoms with Crippen LogP contribution in [0.5, 0.6) is 0 Å². The van der Waals surface area contributed by atoms with Gasteiger partial charge in [-0.15, -0.1) is 0 Å². The number of halogens is 1. The van der Waals surface area contributed by atoms with Gasteiger partial charge in [-0.2, -0.15) is 12.6 Å². The molecule has 1 aliphatic heterocycles. The van der Waals surface area contributed by atoms with Crippen molar-refractivity contribution < 1.29 is 21.5 Å². The molecule has 0 unspecified atom stereocenters. The topological polar surface area (TPSA) is 26.0 Å². The lowest BCUT2D eigenvalue weighted by Gasteiger charge is -2.41. The van der Waals surface area contributed by atoms with E-state index >= 15 is 0 Å². The highest BCUT2D eigenvalue weighted by atomic mass is 79.9. The van der Waals surface area contributed by atoms with Gasteiger partial charge < -0.3 is 27.2 Å². The van der Waals surface area contributed by atoms with E-state index in [-0.39, 0.29) is 17.0 Å². The molecule has 2 N–H and O–H groups in total. The smallest absolute Gasteiger partial charge is 0.0876 e. The summed E-state index contributed by atoms with van der Waals surface area (Å²) in [4.78, 5) is 0. The van der Waals surface area contributed by atoms with Gasteiger partial charge in [-0.3, -0.25) is 0 Å². The molecule has 0 radical (unpaired) electrons. The minimum absolute atomic E-state index is 0. The summed E-state index contributed by atoms with van der Waals surface area (Å²) < 4.78 is 1.35. The van der Waals surface area contributed by atoms with Gasteiger partial charge in [0.2, 0.25) is 0 Å². The Labute approximate surface area is 123 Å². The highest BCUT2D eigenvalue weighted by molar-refractivity contribution is 7.80. The monoisotopic (exact) mass is 324 g/mol. The van der Waals surface area contributed by atoms with Crippen LogP contribution >= 0.6 is 12.6 Å². The lowest BCUT2D eigenvalue weighted by atomic mass is 10.1. The molecule has 2 nitrogen and oxygen atoms in total. The number of likely N-dealkylation sites (tertiary alicyclic amines) is 1. The van der Waals surface area contributed by atoms with Gasteiger partial charge in [0.1, 0.15) is 0 Å². The second kappa shape index (κ2) is 10.7. The first kappa shape index (κ1) is 17.8. The summed E-state index contributed by atoms with van der Waals surface area (Å²) in [5, 5.41) is 0. The summed E-state index contributed by atoms with van der Waals surface area (Å²) in [7, 11) is 0. The van der Waals surface area contributed by atoms with E-state index in [9.17, 15) is 0 Å². The van der Waals surface area contributed by atoms with Crippen LogP contribution in [0.4, 0.5) is 0 Å². The minimum Gasteiger partial charge on any atom is -1.00 e. The third-order valence-corrected chi connectivity index (χ3v) is 4.13. The average Bonchev–Trinajstić information content (AvgIpc) is 2.30. The predicted octanol–water partition coefficient (Wildman–Crippen LogP) is -0.560. The molecule has 0 aliphatic carbocycles. The number of quaternary nitrogens is 1. The number of piperidine rings is 1. The van der Waals surface area contributed by atoms with Crippen molar-refractivity contribution in [1.29, 1.82) is 0 Å². The molecule has 1 rings (SSSR count). The number of nitrogens with zero attached hydrogens (tertiary/aromatic N) is 1. The molecule has 0 amide bonds. The summed E-state index contributed by atoms with van der Waals surface area (Å²) in [5.41, 5.74) is 5.51. The molecule has 0 aromatic carbocycles. The lowest BCUT2D eigenvalue weighted by Crippen LogP contribution is -3.00. The number of rotatable bonds is 8. The van der Waals surface area contributed by atoms with Crippen molar-refractivity contribution >= 4 is 12.6 Å². The quantitative estimate of drug-likeness (QED) is 0.349. The normalized spacial score (nSPS) is 18.7. The number of hydrogen-bond acceptors (Lipinski definition) is 2. The highest BCUT2D eigenvalue weighted by Gasteiger charge is 2.28. The third-order valence-electron chi connectivity index (χ3n) is 3.93. The molecule has 4 heteroatoms. The standard InChI is InChI=1S/C13H28N2S.BrH/c14-8-4-1-2-5-9-15(12-13-16)10-6-3-7-11-15;/h1-14H2;1H. The van der Waals surface area contributed by atoms with E-state index in [1.807, 2.05) is 0 Å². The summed E-state index contributed by atoms with van der Waals surface area (Å²) in [5.74, 6) is 1.04. The fourth-order valence-electron chi connectivity index (χ4n) is 2.90. The first-order chi connectivity index (χ1) is 7.83. The Balaban J connectivity index is 0.00000256. The molecule has 0 bridgehead atoms. The van der Waals surface area contributed by atoms with Crippen molar-refractivity contribution in [3.05, 3.63) is 0 Å². The van der Waals surface area contributed by atoms with E-state index in [0.29, 0.717) is 0 Å². The van der Waals surface area contributed by atoms with Crippen molar-refractivity contribution in [1.82, 2.24) is 0 Å². The Morgan fingerprint density at radius 1 is 0.882 bits per heavy atom. The van der Waals surface area contributed by atoms with Crippen LogP contribution in [0.2, 0.25) is 0 Å². The van der Waals surface area contributed by atoms with Crippen LogP contribution in [-0.2, 0) is 0 Å². The first-order valence-electron chi connectivity index (χ1n) is 6.99. The second-order valence-corrected chi connectivity index (χ2v) is 5.67. The molecule has 0 aromatic heterocycles. The van der Waals surface area contributed by atoms with Crippen LogP contribution in [0.15, 0.2) is 0 Å². The van der Waals surface area contributed by atoms with Crippen LogP contribution in [-0.4, -0.2) is 43.0 Å². The van der Waals surface area contributed by atoms with Crippen molar-refractivity contribution in [2.24, 2.45) is 5.73 Å². The molecule has 0 spiro atoms. The second-order valence-electron chi connectivity index (χ2n) is 5.22. The van der Waals surface area contributed by atoms with E-state index in [1.165, 1.54) is 75.6 Å². The maximum absolute atomic E-state index is 5.51. The molecule has 1 fully saturated rings. The van der Waals surface area contributed by atoms with E-state index in [0.717, 1.165) is 12.3 Å². The maximum Gasteiger partial charge on any atom is 0.0876 e. The average molecular weight is 325 g/mol. The van der Waals surface area contributed by atoms with Crippen molar-refractivity contribution in [2.75, 3.05) is 38.5 Å². The number of nitrogens with two attached hydrogens (primary N) is 1. The zero-order valence-electron chi connectivity index (χ0n) is 11.0. The molecule has 1 heterocycles. The van der Waals surface area contributed by atoms with Crippen molar-refractivity contribution in [3.63, 3.8) is 0 Å². The van der Waals surface area contributed by atoms with Gasteiger partial charge in [-0.25, -0.2) is 0 Å². The Morgan fingerprint density at radius 3 is 2.12 bits per heavy atom. The fraction of sp³-hybridized carbons (Fsp3) is 1.00. The van der Waals surface area contributed by atoms with E-state index < -0.39 is 0 Å². The Hall–Kier alpha value is 0.750. The number of hydrogen-bond donors (Lipinski definition) is 2. The summed E-state index contributed by atoms with van der Waals surface area (Å²) in [6, 6.07) is 0. The van der Waals surface area contributed by atoms with Crippen molar-refractivity contribution in [2.45, 2.75) is 44.9 Å². The Bertz CT molecular complexity index is 167. The lowest BCUT2D eigenvalue weighted by molar-refractivity contribution is -0.930. The molecule has 104 valence electrons.